The van der Waals surface area contributed by atoms with Gasteiger partial charge in [0.15, 0.2) is 11.5 Å². The quantitative estimate of drug-likeness (QED) is 0.0371. The van der Waals surface area contributed by atoms with E-state index < -0.39 is 53.0 Å². The number of nitrogens with one attached hydrogen (secondary N) is 1. The average molecular weight is 1020 g/mol. The summed E-state index contributed by atoms with van der Waals surface area (Å²) in [5.74, 6) is -2.48. The molecule has 0 spiro atoms. The number of pyridine rings is 1. The molecule has 0 saturated heterocycles. The number of halogens is 6. The molecule has 1 saturated carbocycles. The van der Waals surface area contributed by atoms with Crippen molar-refractivity contribution in [3.8, 4) is 39.6 Å². The van der Waals surface area contributed by atoms with E-state index in [4.69, 9.17) is 23.7 Å². The number of imide groups is 1. The van der Waals surface area contributed by atoms with Crippen LogP contribution in [0.3, 0.4) is 0 Å². The third kappa shape index (κ3) is 13.6. The van der Waals surface area contributed by atoms with E-state index in [9.17, 15) is 55.4 Å². The summed E-state index contributed by atoms with van der Waals surface area (Å²) in [5, 5.41) is 25.2. The Hall–Kier alpha value is -7.25. The van der Waals surface area contributed by atoms with Gasteiger partial charge in [0.25, 0.3) is 11.8 Å². The third-order valence-corrected chi connectivity index (χ3v) is 10.9. The highest BCUT2D eigenvalue weighted by Crippen LogP contribution is 2.46. The van der Waals surface area contributed by atoms with Crippen LogP contribution in [0, 0.1) is 0 Å². The molecule has 1 aliphatic heterocycles. The van der Waals surface area contributed by atoms with Crippen LogP contribution in [0.25, 0.3) is 22.4 Å². The summed E-state index contributed by atoms with van der Waals surface area (Å²) >= 11 is 0. The van der Waals surface area contributed by atoms with Crippen molar-refractivity contribution < 1.29 is 79.1 Å². The summed E-state index contributed by atoms with van der Waals surface area (Å²) in [5.41, 5.74) is -2.06. The Bertz CT molecular complexity index is 2740. The number of benzene rings is 2. The first-order chi connectivity index (χ1) is 34.3. The number of nitrogens with zero attached hydrogens (tertiary/aromatic N) is 7. The highest BCUT2D eigenvalue weighted by molar-refractivity contribution is 6.24. The van der Waals surface area contributed by atoms with E-state index in [0.29, 0.717) is 64.0 Å². The molecule has 3 amide bonds. The SMILES string of the molecule is CCOCC(=O)NCCCOc1ccc(-c2cc(C(F)(F)F)nn2C)c(O)c1-c1cncc(C(F)(F)F)c1.CCOCCOCCn1cc(COc2cccc3c2C(=O)N(C2CCC(=O)CC2=O)C3=O)nn1. The van der Waals surface area contributed by atoms with Gasteiger partial charge in [-0.05, 0) is 63.1 Å². The molecule has 1 aliphatic carbocycles. The number of ketones is 2. The van der Waals surface area contributed by atoms with E-state index >= 15 is 0 Å². The van der Waals surface area contributed by atoms with Crippen molar-refractivity contribution >= 4 is 29.3 Å². The number of phenolic OH excluding ortho intramolecular Hbond substituents is 1. The molecule has 3 aromatic heterocycles. The number of carbonyl (C=O) groups excluding carboxylic acids is 5. The van der Waals surface area contributed by atoms with Gasteiger partial charge in [-0.3, -0.25) is 38.5 Å². The average Bonchev–Trinajstić information content (AvgIpc) is 4.04. The highest BCUT2D eigenvalue weighted by Gasteiger charge is 2.46. The van der Waals surface area contributed by atoms with Gasteiger partial charge in [0.1, 0.15) is 41.9 Å². The predicted molar refractivity (Wildman–Crippen MR) is 239 cm³/mol. The first-order valence-corrected chi connectivity index (χ1v) is 22.5. The van der Waals surface area contributed by atoms with Crippen LogP contribution in [0.5, 0.6) is 17.2 Å². The van der Waals surface area contributed by atoms with E-state index in [0.717, 1.165) is 21.8 Å². The van der Waals surface area contributed by atoms with E-state index in [1.54, 1.807) is 29.9 Å². The standard InChI is InChI=1S/C24H24F6N4O4.C23H26N4O7/c1-3-37-13-20(35)32-7-4-8-38-18-6-5-16(17-10-19(24(28,29)30)33-34(17)2)22(36)21(18)14-9-15(12-31-11-14)23(25,26)27;1-2-32-10-11-33-9-8-26-13-15(24-25-26)14-34-20-5-3-4-17-21(20)23(31)27(22(17)30)18-7-6-16(28)12-19(18)29/h5-6,9-12,36H,3-4,7-8,13H2,1-2H3,(H,32,35);3-5,13,18H,2,6-12,14H2,1H3. The summed E-state index contributed by atoms with van der Waals surface area (Å²) < 4.78 is 109. The van der Waals surface area contributed by atoms with Crippen molar-refractivity contribution in [2.24, 2.45) is 7.05 Å². The van der Waals surface area contributed by atoms with Gasteiger partial charge in [0, 0.05) is 56.7 Å². The number of hydrogen-bond acceptors (Lipinski definition) is 15. The van der Waals surface area contributed by atoms with Crippen molar-refractivity contribution in [3.63, 3.8) is 0 Å². The summed E-state index contributed by atoms with van der Waals surface area (Å²) in [6.07, 6.45) is -5.73. The number of aromatic hydroxyl groups is 1. The number of hydrogen-bond donors (Lipinski definition) is 2. The summed E-state index contributed by atoms with van der Waals surface area (Å²) in [6, 6.07) is 7.87. The monoisotopic (exact) mass is 1020 g/mol. The van der Waals surface area contributed by atoms with Crippen molar-refractivity contribution in [3.05, 3.63) is 89.1 Å². The normalized spacial score (nSPS) is 14.8. The molecule has 2 N–H and O–H groups in total. The fraction of sp³-hybridized carbons (Fsp3) is 0.426. The molecule has 386 valence electrons. The number of phenols is 1. The number of carbonyl (C=O) groups is 5. The molecule has 1 atom stereocenters. The van der Waals surface area contributed by atoms with Crippen LogP contribution in [0.4, 0.5) is 26.3 Å². The van der Waals surface area contributed by atoms with Gasteiger partial charge in [0.05, 0.1) is 79.6 Å². The van der Waals surface area contributed by atoms with E-state index in [-0.39, 0.29) is 102 Å². The first-order valence-electron chi connectivity index (χ1n) is 22.5. The molecule has 5 aromatic rings. The summed E-state index contributed by atoms with van der Waals surface area (Å²) in [4.78, 5) is 66.1. The maximum Gasteiger partial charge on any atom is 0.435 e. The number of ether oxygens (including phenoxy) is 5. The molecular weight excluding hydrogens is 967 g/mol. The Morgan fingerprint density at radius 2 is 1.60 bits per heavy atom. The smallest absolute Gasteiger partial charge is 0.435 e. The van der Waals surface area contributed by atoms with E-state index in [2.05, 4.69) is 25.7 Å². The maximum absolute atomic E-state index is 13.3. The van der Waals surface area contributed by atoms with Gasteiger partial charge in [-0.2, -0.15) is 31.4 Å². The van der Waals surface area contributed by atoms with Gasteiger partial charge in [0.2, 0.25) is 5.91 Å². The van der Waals surface area contributed by atoms with Gasteiger partial charge >= 0.3 is 12.4 Å². The van der Waals surface area contributed by atoms with Gasteiger partial charge in [-0.1, -0.05) is 11.3 Å². The van der Waals surface area contributed by atoms with Crippen molar-refractivity contribution in [1.29, 1.82) is 0 Å². The van der Waals surface area contributed by atoms with Crippen molar-refractivity contribution in [2.45, 2.75) is 71.1 Å². The molecule has 19 nitrogen and oxygen atoms in total. The van der Waals surface area contributed by atoms with Crippen LogP contribution in [-0.2, 0) is 61.1 Å². The van der Waals surface area contributed by atoms with E-state index in [1.165, 1.54) is 25.2 Å². The zero-order valence-corrected chi connectivity index (χ0v) is 39.2. The number of rotatable bonds is 21. The Kier molecular flexibility index (Phi) is 18.2. The van der Waals surface area contributed by atoms with E-state index in [1.807, 2.05) is 6.92 Å². The highest BCUT2D eigenvalue weighted by atomic mass is 19.4. The fourth-order valence-corrected chi connectivity index (χ4v) is 7.49. The largest absolute Gasteiger partial charge is 0.506 e. The first kappa shape index (κ1) is 54.1. The van der Waals surface area contributed by atoms with Crippen LogP contribution in [0.1, 0.15) is 77.2 Å². The Morgan fingerprint density at radius 3 is 2.31 bits per heavy atom. The lowest BCUT2D eigenvalue weighted by molar-refractivity contribution is -0.141. The molecule has 1 unspecified atom stereocenters. The predicted octanol–water partition coefficient (Wildman–Crippen LogP) is 6.01. The second kappa shape index (κ2) is 24.2. The zero-order chi connectivity index (χ0) is 52.2. The molecular formula is C47H50F6N8O11. The number of amides is 3. The topological polar surface area (TPSA) is 228 Å². The molecule has 7 rings (SSSR count). The zero-order valence-electron chi connectivity index (χ0n) is 39.2. The molecule has 1 fully saturated rings. The Balaban J connectivity index is 0.000000237. The van der Waals surface area contributed by atoms with Gasteiger partial charge < -0.3 is 34.1 Å². The molecule has 25 heteroatoms. The van der Waals surface area contributed by atoms with Crippen LogP contribution >= 0.6 is 0 Å². The number of aromatic nitrogens is 6. The molecule has 0 bridgehead atoms. The van der Waals surface area contributed by atoms with Crippen LogP contribution in [0.2, 0.25) is 0 Å². The number of alkyl halides is 6. The van der Waals surface area contributed by atoms with Crippen LogP contribution in [0.15, 0.2) is 61.1 Å². The lowest BCUT2D eigenvalue weighted by Gasteiger charge is -2.27. The van der Waals surface area contributed by atoms with Crippen molar-refractivity contribution in [2.75, 3.05) is 52.8 Å². The lowest BCUT2D eigenvalue weighted by atomic mass is 9.92. The summed E-state index contributed by atoms with van der Waals surface area (Å²) in [6.45, 7) is 6.85. The number of fused-ring (bicyclic) bond motifs is 1. The summed E-state index contributed by atoms with van der Waals surface area (Å²) in [7, 11) is 1.24. The molecule has 4 heterocycles. The second-order valence-corrected chi connectivity index (χ2v) is 16.0. The fourth-order valence-electron chi connectivity index (χ4n) is 7.49. The minimum atomic E-state index is -4.75. The van der Waals surface area contributed by atoms with Gasteiger partial charge in [-0.15, -0.1) is 5.10 Å². The third-order valence-electron chi connectivity index (χ3n) is 10.9. The minimum Gasteiger partial charge on any atom is -0.506 e. The Labute approximate surface area is 407 Å². The molecule has 2 aromatic carbocycles. The molecule has 0 radical (unpaired) electrons. The van der Waals surface area contributed by atoms with Crippen LogP contribution in [-0.4, -0.2) is 128 Å². The number of Topliss-reactive ketones (excluding diaryl/α,β-unsaturated/α-hetero) is 2. The second-order valence-electron chi connectivity index (χ2n) is 16.0. The van der Waals surface area contributed by atoms with Crippen molar-refractivity contribution in [1.82, 2.24) is 40.0 Å². The van der Waals surface area contributed by atoms with Gasteiger partial charge in [-0.25, -0.2) is 4.68 Å². The Morgan fingerprint density at radius 1 is 0.847 bits per heavy atom. The van der Waals surface area contributed by atoms with Crippen LogP contribution < -0.4 is 14.8 Å². The minimum absolute atomic E-state index is 0.00295. The lowest BCUT2D eigenvalue weighted by Crippen LogP contribution is -2.47. The number of aryl methyl sites for hydroxylation is 1. The molecule has 72 heavy (non-hydrogen) atoms. The maximum atomic E-state index is 13.3. The molecule has 2 aliphatic rings.